The summed E-state index contributed by atoms with van der Waals surface area (Å²) in [6, 6.07) is 10.6. The van der Waals surface area contributed by atoms with E-state index in [9.17, 15) is 9.18 Å². The number of fused-ring (bicyclic) bond motifs is 1. The molecule has 0 aliphatic heterocycles. The number of hydrogen-bond donors (Lipinski definition) is 0. The molecular formula is C15H11FN2OS. The van der Waals surface area contributed by atoms with Gasteiger partial charge in [0.2, 0.25) is 0 Å². The Morgan fingerprint density at radius 2 is 1.90 bits per heavy atom. The van der Waals surface area contributed by atoms with Gasteiger partial charge in [0.05, 0.1) is 4.90 Å². The molecule has 1 aromatic carbocycles. The maximum absolute atomic E-state index is 13.2. The highest BCUT2D eigenvalue weighted by Gasteiger charge is 2.07. The van der Waals surface area contributed by atoms with Crippen molar-refractivity contribution >= 4 is 17.4 Å². The first kappa shape index (κ1) is 12.9. The lowest BCUT2D eigenvalue weighted by molar-refractivity contribution is 0.616. The molecule has 100 valence electrons. The van der Waals surface area contributed by atoms with E-state index in [0.717, 1.165) is 16.7 Å². The van der Waals surface area contributed by atoms with Gasteiger partial charge in [-0.1, -0.05) is 29.5 Å². The van der Waals surface area contributed by atoms with Crippen molar-refractivity contribution in [1.82, 2.24) is 9.38 Å². The minimum Gasteiger partial charge on any atom is -0.268 e. The van der Waals surface area contributed by atoms with Crippen molar-refractivity contribution in [3.8, 4) is 0 Å². The quantitative estimate of drug-likeness (QED) is 0.725. The largest absolute Gasteiger partial charge is 0.271 e. The molecule has 0 spiro atoms. The number of aryl methyl sites for hydroxylation is 1. The predicted molar refractivity (Wildman–Crippen MR) is 76.7 cm³/mol. The van der Waals surface area contributed by atoms with Gasteiger partial charge in [0.15, 0.2) is 0 Å². The molecule has 3 aromatic rings. The molecular weight excluding hydrogens is 275 g/mol. The number of aromatic nitrogens is 2. The molecule has 3 rings (SSSR count). The van der Waals surface area contributed by atoms with E-state index in [0.29, 0.717) is 10.5 Å². The summed E-state index contributed by atoms with van der Waals surface area (Å²) in [7, 11) is 0. The summed E-state index contributed by atoms with van der Waals surface area (Å²) < 4.78 is 14.5. The van der Waals surface area contributed by atoms with Crippen LogP contribution in [0.3, 0.4) is 0 Å². The Kier molecular flexibility index (Phi) is 3.28. The van der Waals surface area contributed by atoms with Crippen molar-refractivity contribution in [2.24, 2.45) is 0 Å². The number of rotatable bonds is 2. The summed E-state index contributed by atoms with van der Waals surface area (Å²) in [6.07, 6.45) is 2.68. The average molecular weight is 286 g/mol. The Morgan fingerprint density at radius 3 is 2.65 bits per heavy atom. The summed E-state index contributed by atoms with van der Waals surface area (Å²) >= 11 is 1.33. The summed E-state index contributed by atoms with van der Waals surface area (Å²) in [5.41, 5.74) is 1.33. The van der Waals surface area contributed by atoms with E-state index in [1.165, 1.54) is 34.5 Å². The van der Waals surface area contributed by atoms with Crippen LogP contribution in [-0.2, 0) is 0 Å². The fourth-order valence-electron chi connectivity index (χ4n) is 1.84. The molecule has 0 N–H and O–H groups in total. The predicted octanol–water partition coefficient (Wildman–Crippen LogP) is 3.29. The lowest BCUT2D eigenvalue weighted by atomic mass is 10.2. The van der Waals surface area contributed by atoms with E-state index < -0.39 is 5.82 Å². The van der Waals surface area contributed by atoms with Crippen LogP contribution in [0.15, 0.2) is 63.4 Å². The van der Waals surface area contributed by atoms with Gasteiger partial charge < -0.3 is 0 Å². The third-order valence-corrected chi connectivity index (χ3v) is 3.89. The van der Waals surface area contributed by atoms with Gasteiger partial charge in [0, 0.05) is 17.3 Å². The van der Waals surface area contributed by atoms with Crippen molar-refractivity contribution in [3.05, 3.63) is 70.5 Å². The zero-order valence-corrected chi connectivity index (χ0v) is 11.5. The lowest BCUT2D eigenvalue weighted by Gasteiger charge is -2.04. The SMILES string of the molecule is Cc1ccc(Sc2cnc3ccc(F)cn3c2=O)cc1. The second-order valence-electron chi connectivity index (χ2n) is 4.42. The zero-order valence-electron chi connectivity index (χ0n) is 10.7. The van der Waals surface area contributed by atoms with Crippen LogP contribution in [0, 0.1) is 12.7 Å². The monoisotopic (exact) mass is 286 g/mol. The molecule has 0 aliphatic rings. The average Bonchev–Trinajstić information content (AvgIpc) is 2.45. The van der Waals surface area contributed by atoms with Crippen LogP contribution in [-0.4, -0.2) is 9.38 Å². The smallest absolute Gasteiger partial charge is 0.268 e. The van der Waals surface area contributed by atoms with Crippen LogP contribution in [0.2, 0.25) is 0 Å². The van der Waals surface area contributed by atoms with Gasteiger partial charge in [-0.2, -0.15) is 0 Å². The second kappa shape index (κ2) is 5.09. The fourth-order valence-corrected chi connectivity index (χ4v) is 2.65. The number of benzene rings is 1. The fraction of sp³-hybridized carbons (Fsp3) is 0.0667. The topological polar surface area (TPSA) is 34.4 Å². The first-order valence-corrected chi connectivity index (χ1v) is 6.86. The van der Waals surface area contributed by atoms with E-state index in [1.807, 2.05) is 31.2 Å². The van der Waals surface area contributed by atoms with E-state index in [2.05, 4.69) is 4.98 Å². The van der Waals surface area contributed by atoms with E-state index in [-0.39, 0.29) is 5.56 Å². The summed E-state index contributed by atoms with van der Waals surface area (Å²) in [6.45, 7) is 2.00. The van der Waals surface area contributed by atoms with Gasteiger partial charge >= 0.3 is 0 Å². The normalized spacial score (nSPS) is 10.9. The molecule has 0 aliphatic carbocycles. The highest BCUT2D eigenvalue weighted by molar-refractivity contribution is 7.99. The zero-order chi connectivity index (χ0) is 14.1. The molecule has 0 saturated heterocycles. The maximum atomic E-state index is 13.2. The van der Waals surface area contributed by atoms with Gasteiger partial charge in [-0.3, -0.25) is 9.20 Å². The van der Waals surface area contributed by atoms with Crippen LogP contribution < -0.4 is 5.56 Å². The molecule has 0 unspecified atom stereocenters. The van der Waals surface area contributed by atoms with Crippen LogP contribution in [0.25, 0.3) is 5.65 Å². The van der Waals surface area contributed by atoms with Crippen molar-refractivity contribution in [1.29, 1.82) is 0 Å². The number of pyridine rings is 1. The number of nitrogens with zero attached hydrogens (tertiary/aromatic N) is 2. The summed E-state index contributed by atoms with van der Waals surface area (Å²) in [5, 5.41) is 0. The molecule has 0 atom stereocenters. The molecule has 0 saturated carbocycles. The Balaban J connectivity index is 2.06. The van der Waals surface area contributed by atoms with E-state index in [1.54, 1.807) is 0 Å². The molecule has 2 aromatic heterocycles. The van der Waals surface area contributed by atoms with Crippen LogP contribution in [0.4, 0.5) is 4.39 Å². The van der Waals surface area contributed by atoms with E-state index in [4.69, 9.17) is 0 Å². The summed E-state index contributed by atoms with van der Waals surface area (Å²) in [4.78, 5) is 17.9. The highest BCUT2D eigenvalue weighted by Crippen LogP contribution is 2.24. The third-order valence-electron chi connectivity index (χ3n) is 2.88. The van der Waals surface area contributed by atoms with Gasteiger partial charge in [0.1, 0.15) is 11.5 Å². The Morgan fingerprint density at radius 1 is 1.15 bits per heavy atom. The Hall–Kier alpha value is -2.14. The summed E-state index contributed by atoms with van der Waals surface area (Å²) in [5.74, 6) is -0.459. The standard InChI is InChI=1S/C15H11FN2OS/c1-10-2-5-12(6-3-10)20-13-8-17-14-7-4-11(16)9-18(14)15(13)19/h2-9H,1H3. The molecule has 0 radical (unpaired) electrons. The Labute approximate surface area is 119 Å². The molecule has 0 amide bonds. The first-order chi connectivity index (χ1) is 9.63. The molecule has 5 heteroatoms. The van der Waals surface area contributed by atoms with Crippen LogP contribution in [0.5, 0.6) is 0 Å². The highest BCUT2D eigenvalue weighted by atomic mass is 32.2. The van der Waals surface area contributed by atoms with Crippen molar-refractivity contribution in [2.75, 3.05) is 0 Å². The molecule has 20 heavy (non-hydrogen) atoms. The van der Waals surface area contributed by atoms with Gasteiger partial charge in [-0.15, -0.1) is 0 Å². The Bertz CT molecular complexity index is 827. The number of halogens is 1. The second-order valence-corrected chi connectivity index (χ2v) is 5.53. The third kappa shape index (κ3) is 2.44. The van der Waals surface area contributed by atoms with Gasteiger partial charge in [-0.05, 0) is 31.2 Å². The van der Waals surface area contributed by atoms with Crippen LogP contribution in [0.1, 0.15) is 5.56 Å². The molecule has 3 nitrogen and oxygen atoms in total. The minimum absolute atomic E-state index is 0.264. The molecule has 0 bridgehead atoms. The molecule has 0 fully saturated rings. The lowest BCUT2D eigenvalue weighted by Crippen LogP contribution is -2.16. The number of hydrogen-bond acceptors (Lipinski definition) is 3. The van der Waals surface area contributed by atoms with Crippen molar-refractivity contribution in [3.63, 3.8) is 0 Å². The van der Waals surface area contributed by atoms with Crippen molar-refractivity contribution in [2.45, 2.75) is 16.7 Å². The van der Waals surface area contributed by atoms with Crippen molar-refractivity contribution < 1.29 is 4.39 Å². The van der Waals surface area contributed by atoms with Gasteiger partial charge in [0.25, 0.3) is 5.56 Å². The first-order valence-electron chi connectivity index (χ1n) is 6.05. The van der Waals surface area contributed by atoms with E-state index >= 15 is 0 Å². The van der Waals surface area contributed by atoms with Crippen LogP contribution >= 0.6 is 11.8 Å². The van der Waals surface area contributed by atoms with Gasteiger partial charge in [-0.25, -0.2) is 9.37 Å². The molecule has 2 heterocycles. The minimum atomic E-state index is -0.459. The maximum Gasteiger partial charge on any atom is 0.271 e.